The van der Waals surface area contributed by atoms with Gasteiger partial charge in [-0.05, 0) is 31.6 Å². The van der Waals surface area contributed by atoms with E-state index >= 15 is 0 Å². The summed E-state index contributed by atoms with van der Waals surface area (Å²) < 4.78 is 0. The first-order chi connectivity index (χ1) is 9.49. The number of carboxylic acid groups (broad SMARTS) is 1. The number of nitrogens with one attached hydrogen (secondary N) is 1. The number of rotatable bonds is 4. The van der Waals surface area contributed by atoms with E-state index in [-0.39, 0.29) is 24.3 Å². The summed E-state index contributed by atoms with van der Waals surface area (Å²) in [7, 11) is 0. The van der Waals surface area contributed by atoms with Crippen LogP contribution in [-0.2, 0) is 14.4 Å². The summed E-state index contributed by atoms with van der Waals surface area (Å²) in [5.74, 6) is -2.18. The van der Waals surface area contributed by atoms with E-state index in [1.165, 1.54) is 0 Å². The van der Waals surface area contributed by atoms with Crippen LogP contribution in [0.2, 0.25) is 0 Å². The second-order valence-corrected chi connectivity index (χ2v) is 5.93. The Hall–Kier alpha value is -1.59. The van der Waals surface area contributed by atoms with E-state index < -0.39 is 17.8 Å². The molecule has 3 atom stereocenters. The largest absolute Gasteiger partial charge is 0.481 e. The third-order valence-corrected chi connectivity index (χ3v) is 4.32. The summed E-state index contributed by atoms with van der Waals surface area (Å²) in [4.78, 5) is 36.8. The molecule has 2 fully saturated rings. The number of carbonyl (C=O) groups is 3. The van der Waals surface area contributed by atoms with Crippen molar-refractivity contribution in [2.45, 2.75) is 32.6 Å². The zero-order valence-electron chi connectivity index (χ0n) is 11.8. The second kappa shape index (κ2) is 6.24. The van der Waals surface area contributed by atoms with Crippen LogP contribution in [0.4, 0.5) is 0 Å². The Bertz CT molecular complexity index is 404. The van der Waals surface area contributed by atoms with Gasteiger partial charge in [-0.25, -0.2) is 0 Å². The standard InChI is InChI=1S/C14H22N2O4/c1-9-6-10(11(7-9)14(19)20)13(18)15-8-12(17)16-4-2-3-5-16/h9-11H,2-8H2,1H3,(H,15,18)(H,19,20)/t9?,10-,11+/m0/s1. The first-order valence-corrected chi connectivity index (χ1v) is 7.27. The van der Waals surface area contributed by atoms with E-state index in [0.717, 1.165) is 25.9 Å². The van der Waals surface area contributed by atoms with Crippen LogP contribution in [0.3, 0.4) is 0 Å². The van der Waals surface area contributed by atoms with Crippen molar-refractivity contribution in [1.82, 2.24) is 10.2 Å². The van der Waals surface area contributed by atoms with Gasteiger partial charge in [-0.1, -0.05) is 6.92 Å². The molecule has 0 aromatic carbocycles. The fourth-order valence-corrected chi connectivity index (χ4v) is 3.23. The first-order valence-electron chi connectivity index (χ1n) is 7.27. The zero-order valence-corrected chi connectivity index (χ0v) is 11.8. The molecule has 2 N–H and O–H groups in total. The predicted octanol–water partition coefficient (Wildman–Crippen LogP) is 0.472. The highest BCUT2D eigenvalue weighted by Gasteiger charge is 2.41. The van der Waals surface area contributed by atoms with Crippen molar-refractivity contribution in [2.24, 2.45) is 17.8 Å². The Labute approximate surface area is 118 Å². The lowest BCUT2D eigenvalue weighted by atomic mass is 9.95. The van der Waals surface area contributed by atoms with Crippen molar-refractivity contribution in [2.75, 3.05) is 19.6 Å². The second-order valence-electron chi connectivity index (χ2n) is 5.93. The molecule has 112 valence electrons. The number of nitrogens with zero attached hydrogens (tertiary/aromatic N) is 1. The van der Waals surface area contributed by atoms with Gasteiger partial charge in [-0.3, -0.25) is 14.4 Å². The van der Waals surface area contributed by atoms with Gasteiger partial charge in [0, 0.05) is 13.1 Å². The van der Waals surface area contributed by atoms with Gasteiger partial charge in [0.1, 0.15) is 0 Å². The van der Waals surface area contributed by atoms with Crippen LogP contribution in [0.5, 0.6) is 0 Å². The van der Waals surface area contributed by atoms with Crippen molar-refractivity contribution >= 4 is 17.8 Å². The van der Waals surface area contributed by atoms with Crippen LogP contribution in [0.1, 0.15) is 32.6 Å². The molecule has 1 aliphatic heterocycles. The van der Waals surface area contributed by atoms with Crippen molar-refractivity contribution in [3.63, 3.8) is 0 Å². The molecular weight excluding hydrogens is 260 g/mol. The van der Waals surface area contributed by atoms with E-state index in [4.69, 9.17) is 5.11 Å². The first kappa shape index (κ1) is 14.8. The molecule has 6 nitrogen and oxygen atoms in total. The summed E-state index contributed by atoms with van der Waals surface area (Å²) in [6.07, 6.45) is 3.15. The molecule has 2 amide bonds. The fraction of sp³-hybridized carbons (Fsp3) is 0.786. The van der Waals surface area contributed by atoms with Crippen molar-refractivity contribution < 1.29 is 19.5 Å². The minimum absolute atomic E-state index is 0.0178. The van der Waals surface area contributed by atoms with Crippen LogP contribution in [-0.4, -0.2) is 47.4 Å². The highest BCUT2D eigenvalue weighted by molar-refractivity contribution is 5.89. The molecule has 0 spiro atoms. The van der Waals surface area contributed by atoms with Gasteiger partial charge in [0.15, 0.2) is 0 Å². The molecule has 1 aliphatic carbocycles. The van der Waals surface area contributed by atoms with Crippen molar-refractivity contribution in [3.05, 3.63) is 0 Å². The van der Waals surface area contributed by atoms with Gasteiger partial charge >= 0.3 is 5.97 Å². The molecule has 0 radical (unpaired) electrons. The minimum Gasteiger partial charge on any atom is -0.481 e. The monoisotopic (exact) mass is 282 g/mol. The lowest BCUT2D eigenvalue weighted by molar-refractivity contribution is -0.146. The maximum atomic E-state index is 12.1. The molecule has 1 saturated carbocycles. The van der Waals surface area contributed by atoms with Crippen molar-refractivity contribution in [3.8, 4) is 0 Å². The number of aliphatic carboxylic acids is 1. The average molecular weight is 282 g/mol. The molecule has 6 heteroatoms. The molecule has 0 aromatic heterocycles. The topological polar surface area (TPSA) is 86.7 Å². The Balaban J connectivity index is 1.84. The van der Waals surface area contributed by atoms with Crippen molar-refractivity contribution in [1.29, 1.82) is 0 Å². The third-order valence-electron chi connectivity index (χ3n) is 4.32. The molecule has 20 heavy (non-hydrogen) atoms. The predicted molar refractivity (Wildman–Crippen MR) is 71.8 cm³/mol. The summed E-state index contributed by atoms with van der Waals surface area (Å²) in [5, 5.41) is 11.8. The van der Waals surface area contributed by atoms with E-state index in [0.29, 0.717) is 12.8 Å². The molecule has 1 saturated heterocycles. The van der Waals surface area contributed by atoms with E-state index in [2.05, 4.69) is 5.32 Å². The highest BCUT2D eigenvalue weighted by Crippen LogP contribution is 2.36. The molecule has 2 rings (SSSR count). The number of amides is 2. The summed E-state index contributed by atoms with van der Waals surface area (Å²) >= 11 is 0. The molecule has 0 bridgehead atoms. The quantitative estimate of drug-likeness (QED) is 0.785. The zero-order chi connectivity index (χ0) is 14.7. The average Bonchev–Trinajstić information content (AvgIpc) is 3.04. The lowest BCUT2D eigenvalue weighted by Gasteiger charge is -2.18. The van der Waals surface area contributed by atoms with Gasteiger partial charge in [-0.15, -0.1) is 0 Å². The lowest BCUT2D eigenvalue weighted by Crippen LogP contribution is -2.42. The van der Waals surface area contributed by atoms with Gasteiger partial charge in [0.25, 0.3) is 0 Å². The molecule has 2 aliphatic rings. The molecule has 1 unspecified atom stereocenters. The molecular formula is C14H22N2O4. The summed E-state index contributed by atoms with van der Waals surface area (Å²) in [6.45, 7) is 3.45. The molecule has 0 aromatic rings. The Morgan fingerprint density at radius 2 is 1.75 bits per heavy atom. The number of hydrogen-bond acceptors (Lipinski definition) is 3. The third kappa shape index (κ3) is 3.29. The van der Waals surface area contributed by atoms with Gasteiger partial charge in [0.05, 0.1) is 18.4 Å². The summed E-state index contributed by atoms with van der Waals surface area (Å²) in [5.41, 5.74) is 0. The van der Waals surface area contributed by atoms with E-state index in [1.807, 2.05) is 6.92 Å². The number of carbonyl (C=O) groups excluding carboxylic acids is 2. The number of likely N-dealkylation sites (tertiary alicyclic amines) is 1. The number of carboxylic acids is 1. The molecule has 1 heterocycles. The maximum Gasteiger partial charge on any atom is 0.307 e. The normalized spacial score (nSPS) is 29.4. The maximum absolute atomic E-state index is 12.1. The number of hydrogen-bond donors (Lipinski definition) is 2. The summed E-state index contributed by atoms with van der Waals surface area (Å²) in [6, 6.07) is 0. The van der Waals surface area contributed by atoms with Crippen LogP contribution < -0.4 is 5.32 Å². The van der Waals surface area contributed by atoms with Gasteiger partial charge < -0.3 is 15.3 Å². The Morgan fingerprint density at radius 3 is 2.35 bits per heavy atom. The van der Waals surface area contributed by atoms with E-state index in [1.54, 1.807) is 4.90 Å². The van der Waals surface area contributed by atoms with Crippen LogP contribution in [0, 0.1) is 17.8 Å². The minimum atomic E-state index is -0.916. The van der Waals surface area contributed by atoms with Gasteiger partial charge in [0.2, 0.25) is 11.8 Å². The highest BCUT2D eigenvalue weighted by atomic mass is 16.4. The Morgan fingerprint density at radius 1 is 1.15 bits per heavy atom. The van der Waals surface area contributed by atoms with Crippen LogP contribution in [0.25, 0.3) is 0 Å². The SMILES string of the molecule is CC1C[C@H](C(=O)NCC(=O)N2CCCC2)[C@H](C(=O)O)C1. The van der Waals surface area contributed by atoms with Crippen LogP contribution >= 0.6 is 0 Å². The van der Waals surface area contributed by atoms with Gasteiger partial charge in [-0.2, -0.15) is 0 Å². The Kier molecular flexibility index (Phi) is 4.62. The smallest absolute Gasteiger partial charge is 0.307 e. The van der Waals surface area contributed by atoms with E-state index in [9.17, 15) is 14.4 Å². The van der Waals surface area contributed by atoms with Crippen LogP contribution in [0.15, 0.2) is 0 Å². The fourth-order valence-electron chi connectivity index (χ4n) is 3.23.